The molecular formula is C12H14ClN3. The number of aromatic nitrogens is 2. The van der Waals surface area contributed by atoms with Gasteiger partial charge in [0.15, 0.2) is 0 Å². The minimum absolute atomic E-state index is 0.737. The van der Waals surface area contributed by atoms with Crippen LogP contribution in [0.25, 0.3) is 0 Å². The molecule has 0 atom stereocenters. The first-order valence-electron chi connectivity index (χ1n) is 5.29. The van der Waals surface area contributed by atoms with Gasteiger partial charge in [-0.3, -0.25) is 4.68 Å². The van der Waals surface area contributed by atoms with Crippen LogP contribution in [0.15, 0.2) is 36.5 Å². The number of rotatable bonds is 4. The van der Waals surface area contributed by atoms with Crippen molar-refractivity contribution < 1.29 is 0 Å². The third kappa shape index (κ3) is 2.76. The van der Waals surface area contributed by atoms with Gasteiger partial charge in [0.1, 0.15) is 5.82 Å². The molecule has 84 valence electrons. The van der Waals surface area contributed by atoms with E-state index in [9.17, 15) is 0 Å². The second-order valence-corrected chi connectivity index (χ2v) is 3.98. The molecule has 1 aromatic heterocycles. The second kappa shape index (κ2) is 5.03. The van der Waals surface area contributed by atoms with Crippen LogP contribution in [-0.2, 0) is 13.1 Å². The highest BCUT2D eigenvalue weighted by molar-refractivity contribution is 6.30. The smallest absolute Gasteiger partial charge is 0.148 e. The molecule has 1 N–H and O–H groups in total. The van der Waals surface area contributed by atoms with Crippen LogP contribution < -0.4 is 5.32 Å². The summed E-state index contributed by atoms with van der Waals surface area (Å²) in [4.78, 5) is 0. The second-order valence-electron chi connectivity index (χ2n) is 3.54. The Morgan fingerprint density at radius 3 is 2.94 bits per heavy atom. The van der Waals surface area contributed by atoms with E-state index in [-0.39, 0.29) is 0 Å². The van der Waals surface area contributed by atoms with Crippen molar-refractivity contribution in [1.82, 2.24) is 9.78 Å². The first-order valence-corrected chi connectivity index (χ1v) is 5.67. The Labute approximate surface area is 100 Å². The molecule has 0 aliphatic carbocycles. The topological polar surface area (TPSA) is 29.9 Å². The summed E-state index contributed by atoms with van der Waals surface area (Å²) >= 11 is 5.91. The van der Waals surface area contributed by atoms with Crippen molar-refractivity contribution in [3.63, 3.8) is 0 Å². The van der Waals surface area contributed by atoms with E-state index in [1.807, 2.05) is 41.2 Å². The quantitative estimate of drug-likeness (QED) is 0.882. The van der Waals surface area contributed by atoms with Crippen LogP contribution >= 0.6 is 11.6 Å². The summed E-state index contributed by atoms with van der Waals surface area (Å²) in [6.07, 6.45) is 1.96. The van der Waals surface area contributed by atoms with Crippen molar-refractivity contribution in [3.8, 4) is 0 Å². The summed E-state index contributed by atoms with van der Waals surface area (Å²) in [6, 6.07) is 9.77. The van der Waals surface area contributed by atoms with Crippen LogP contribution in [-0.4, -0.2) is 9.78 Å². The summed E-state index contributed by atoms with van der Waals surface area (Å²) in [7, 11) is 0. The number of nitrogens with zero attached hydrogens (tertiary/aromatic N) is 2. The molecule has 4 heteroatoms. The molecule has 0 bridgehead atoms. The predicted molar refractivity (Wildman–Crippen MR) is 66.7 cm³/mol. The molecule has 0 saturated carbocycles. The zero-order valence-corrected chi connectivity index (χ0v) is 9.91. The van der Waals surface area contributed by atoms with Crippen LogP contribution in [0.4, 0.5) is 5.82 Å². The van der Waals surface area contributed by atoms with E-state index < -0.39 is 0 Å². The van der Waals surface area contributed by atoms with Gasteiger partial charge in [-0.15, -0.1) is 0 Å². The van der Waals surface area contributed by atoms with Gasteiger partial charge in [-0.1, -0.05) is 23.7 Å². The maximum absolute atomic E-state index is 5.91. The first kappa shape index (κ1) is 11.0. The number of nitrogens with one attached hydrogen (secondary N) is 1. The lowest BCUT2D eigenvalue weighted by Gasteiger charge is -2.03. The van der Waals surface area contributed by atoms with Crippen LogP contribution in [0, 0.1) is 0 Å². The van der Waals surface area contributed by atoms with E-state index in [1.54, 1.807) is 0 Å². The molecule has 0 aliphatic heterocycles. The third-order valence-electron chi connectivity index (χ3n) is 2.33. The molecular weight excluding hydrogens is 222 g/mol. The Bertz CT molecular complexity index is 465. The lowest BCUT2D eigenvalue weighted by Crippen LogP contribution is -2.01. The molecule has 2 aromatic rings. The fraction of sp³-hybridized carbons (Fsp3) is 0.250. The Morgan fingerprint density at radius 2 is 2.25 bits per heavy atom. The van der Waals surface area contributed by atoms with Crippen molar-refractivity contribution in [3.05, 3.63) is 47.1 Å². The number of aryl methyl sites for hydroxylation is 1. The van der Waals surface area contributed by atoms with Gasteiger partial charge in [-0.2, -0.15) is 5.10 Å². The maximum atomic E-state index is 5.91. The van der Waals surface area contributed by atoms with Gasteiger partial charge in [-0.05, 0) is 24.6 Å². The average Bonchev–Trinajstić information content (AvgIpc) is 2.74. The Balaban J connectivity index is 1.96. The molecule has 16 heavy (non-hydrogen) atoms. The molecule has 0 aliphatic rings. The summed E-state index contributed by atoms with van der Waals surface area (Å²) < 4.78 is 1.89. The standard InChI is InChI=1S/C12H14ClN3/c1-2-16-7-6-12(15-16)14-9-10-4-3-5-11(13)8-10/h3-8H,2,9H2,1H3,(H,14,15). The van der Waals surface area contributed by atoms with Gasteiger partial charge in [0.05, 0.1) is 0 Å². The summed E-state index contributed by atoms with van der Waals surface area (Å²) in [5.74, 6) is 0.891. The summed E-state index contributed by atoms with van der Waals surface area (Å²) in [5.41, 5.74) is 1.15. The van der Waals surface area contributed by atoms with E-state index >= 15 is 0 Å². The lowest BCUT2D eigenvalue weighted by molar-refractivity contribution is 0.661. The van der Waals surface area contributed by atoms with Gasteiger partial charge < -0.3 is 5.32 Å². The predicted octanol–water partition coefficient (Wildman–Crippen LogP) is 3.17. The molecule has 0 saturated heterocycles. The van der Waals surface area contributed by atoms with Gasteiger partial charge in [-0.25, -0.2) is 0 Å². The van der Waals surface area contributed by atoms with Crippen molar-refractivity contribution in [2.45, 2.75) is 20.0 Å². The lowest BCUT2D eigenvalue weighted by atomic mass is 10.2. The first-order chi connectivity index (χ1) is 7.78. The normalized spacial score (nSPS) is 10.4. The van der Waals surface area contributed by atoms with E-state index in [4.69, 9.17) is 11.6 Å². The van der Waals surface area contributed by atoms with Gasteiger partial charge in [0.2, 0.25) is 0 Å². The number of benzene rings is 1. The minimum Gasteiger partial charge on any atom is -0.365 e. The van der Waals surface area contributed by atoms with Gasteiger partial charge in [0.25, 0.3) is 0 Å². The molecule has 0 unspecified atom stereocenters. The molecule has 0 amide bonds. The van der Waals surface area contributed by atoms with Crippen molar-refractivity contribution in [2.75, 3.05) is 5.32 Å². The highest BCUT2D eigenvalue weighted by Crippen LogP contribution is 2.12. The zero-order chi connectivity index (χ0) is 11.4. The fourth-order valence-electron chi connectivity index (χ4n) is 1.47. The van der Waals surface area contributed by atoms with Crippen LogP contribution in [0.2, 0.25) is 5.02 Å². The van der Waals surface area contributed by atoms with E-state index in [0.29, 0.717) is 0 Å². The number of halogens is 1. The fourth-order valence-corrected chi connectivity index (χ4v) is 1.68. The molecule has 2 rings (SSSR count). The maximum Gasteiger partial charge on any atom is 0.148 e. The summed E-state index contributed by atoms with van der Waals surface area (Å²) in [5, 5.41) is 8.35. The van der Waals surface area contributed by atoms with Crippen molar-refractivity contribution in [2.24, 2.45) is 0 Å². The SMILES string of the molecule is CCn1ccc(NCc2cccc(Cl)c2)n1. The zero-order valence-electron chi connectivity index (χ0n) is 9.15. The molecule has 0 radical (unpaired) electrons. The van der Waals surface area contributed by atoms with Crippen LogP contribution in [0.3, 0.4) is 0 Å². The van der Waals surface area contributed by atoms with Gasteiger partial charge in [0, 0.05) is 30.4 Å². The van der Waals surface area contributed by atoms with Crippen molar-refractivity contribution in [1.29, 1.82) is 0 Å². The van der Waals surface area contributed by atoms with Crippen molar-refractivity contribution >= 4 is 17.4 Å². The van der Waals surface area contributed by atoms with Crippen LogP contribution in [0.5, 0.6) is 0 Å². The number of anilines is 1. The minimum atomic E-state index is 0.737. The molecule has 0 spiro atoms. The Hall–Kier alpha value is -1.48. The number of hydrogen-bond acceptors (Lipinski definition) is 2. The monoisotopic (exact) mass is 235 g/mol. The van der Waals surface area contributed by atoms with E-state index in [1.165, 1.54) is 0 Å². The Kier molecular flexibility index (Phi) is 3.47. The van der Waals surface area contributed by atoms with Gasteiger partial charge >= 0.3 is 0 Å². The highest BCUT2D eigenvalue weighted by atomic mass is 35.5. The average molecular weight is 236 g/mol. The van der Waals surface area contributed by atoms with E-state index in [2.05, 4.69) is 17.3 Å². The largest absolute Gasteiger partial charge is 0.365 e. The summed E-state index contributed by atoms with van der Waals surface area (Å²) in [6.45, 7) is 3.69. The molecule has 1 heterocycles. The molecule has 1 aromatic carbocycles. The van der Waals surface area contributed by atoms with E-state index in [0.717, 1.165) is 29.5 Å². The highest BCUT2D eigenvalue weighted by Gasteiger charge is 1.98. The number of hydrogen-bond donors (Lipinski definition) is 1. The Morgan fingerprint density at radius 1 is 1.38 bits per heavy atom. The third-order valence-corrected chi connectivity index (χ3v) is 2.56. The molecule has 3 nitrogen and oxygen atoms in total. The molecule has 0 fully saturated rings. The van der Waals surface area contributed by atoms with Crippen LogP contribution in [0.1, 0.15) is 12.5 Å².